The summed E-state index contributed by atoms with van der Waals surface area (Å²) in [6, 6.07) is 8.74. The van der Waals surface area contributed by atoms with Crippen molar-refractivity contribution in [3.8, 4) is 0 Å². The quantitative estimate of drug-likeness (QED) is 0.799. The van der Waals surface area contributed by atoms with Crippen molar-refractivity contribution in [2.75, 3.05) is 25.0 Å². The molecule has 0 aliphatic carbocycles. The molecular formula is C20H22N2O4S. The van der Waals surface area contributed by atoms with Crippen molar-refractivity contribution in [1.82, 2.24) is 4.90 Å². The van der Waals surface area contributed by atoms with Gasteiger partial charge in [0.2, 0.25) is 0 Å². The fraction of sp³-hybridized carbons (Fsp3) is 0.350. The van der Waals surface area contributed by atoms with Gasteiger partial charge in [0.1, 0.15) is 0 Å². The first-order chi connectivity index (χ1) is 13.1. The van der Waals surface area contributed by atoms with Gasteiger partial charge in [-0.2, -0.15) is 11.3 Å². The first-order valence-electron chi connectivity index (χ1n) is 8.98. The largest absolute Gasteiger partial charge is 0.466 e. The number of rotatable bonds is 5. The maximum Gasteiger partial charge on any atom is 0.309 e. The molecule has 27 heavy (non-hydrogen) atoms. The Morgan fingerprint density at radius 2 is 1.93 bits per heavy atom. The van der Waals surface area contributed by atoms with Crippen LogP contribution in [0.3, 0.4) is 0 Å². The van der Waals surface area contributed by atoms with Crippen molar-refractivity contribution in [2.24, 2.45) is 5.92 Å². The van der Waals surface area contributed by atoms with Crippen molar-refractivity contribution in [3.05, 3.63) is 52.2 Å². The first kappa shape index (κ1) is 19.1. The van der Waals surface area contributed by atoms with Crippen molar-refractivity contribution < 1.29 is 19.1 Å². The summed E-state index contributed by atoms with van der Waals surface area (Å²) in [6.45, 7) is 3.15. The number of carbonyl (C=O) groups excluding carboxylic acids is 3. The van der Waals surface area contributed by atoms with Gasteiger partial charge in [0.25, 0.3) is 11.8 Å². The second-order valence-corrected chi connectivity index (χ2v) is 7.11. The van der Waals surface area contributed by atoms with E-state index < -0.39 is 0 Å². The summed E-state index contributed by atoms with van der Waals surface area (Å²) in [4.78, 5) is 38.9. The molecular weight excluding hydrogens is 364 g/mol. The third-order valence-electron chi connectivity index (χ3n) is 4.59. The van der Waals surface area contributed by atoms with E-state index in [0.29, 0.717) is 49.4 Å². The van der Waals surface area contributed by atoms with Gasteiger partial charge in [-0.05, 0) is 43.3 Å². The highest BCUT2D eigenvalue weighted by Crippen LogP contribution is 2.24. The number of benzene rings is 1. The number of carbonyl (C=O) groups is 3. The molecule has 2 amide bonds. The lowest BCUT2D eigenvalue weighted by Gasteiger charge is -2.31. The molecule has 1 aromatic carbocycles. The van der Waals surface area contributed by atoms with Crippen LogP contribution in [0, 0.1) is 5.92 Å². The van der Waals surface area contributed by atoms with E-state index in [1.807, 2.05) is 5.38 Å². The second-order valence-electron chi connectivity index (χ2n) is 6.33. The average Bonchev–Trinajstić information content (AvgIpc) is 3.23. The number of hydrogen-bond donors (Lipinski definition) is 1. The third kappa shape index (κ3) is 4.54. The Labute approximate surface area is 162 Å². The molecule has 0 radical (unpaired) electrons. The Kier molecular flexibility index (Phi) is 6.24. The number of para-hydroxylation sites is 1. The van der Waals surface area contributed by atoms with Crippen molar-refractivity contribution in [1.29, 1.82) is 0 Å². The zero-order chi connectivity index (χ0) is 19.2. The van der Waals surface area contributed by atoms with E-state index in [2.05, 4.69) is 5.32 Å². The molecule has 2 heterocycles. The van der Waals surface area contributed by atoms with E-state index in [0.717, 1.165) is 0 Å². The van der Waals surface area contributed by atoms with Gasteiger partial charge in [-0.25, -0.2) is 0 Å². The van der Waals surface area contributed by atoms with Crippen LogP contribution in [-0.4, -0.2) is 42.4 Å². The molecule has 7 heteroatoms. The lowest BCUT2D eigenvalue weighted by atomic mass is 9.96. The maximum atomic E-state index is 13.0. The minimum absolute atomic E-state index is 0.140. The smallest absolute Gasteiger partial charge is 0.309 e. The topological polar surface area (TPSA) is 75.7 Å². The number of likely N-dealkylation sites (tertiary alicyclic amines) is 1. The standard InChI is InChI=1S/C20H22N2O4S/c1-2-26-20(25)14-7-10-22(11-8-14)19(24)16-5-3-4-6-17(16)21-18(23)15-9-12-27-13-15/h3-6,9,12-14H,2,7-8,10-11H2,1H3,(H,21,23). The third-order valence-corrected chi connectivity index (χ3v) is 5.27. The van der Waals surface area contributed by atoms with Gasteiger partial charge in [-0.15, -0.1) is 0 Å². The SMILES string of the molecule is CCOC(=O)C1CCN(C(=O)c2ccccc2NC(=O)c2ccsc2)CC1. The van der Waals surface area contributed by atoms with Gasteiger partial charge in [0, 0.05) is 18.5 Å². The number of anilines is 1. The fourth-order valence-electron chi connectivity index (χ4n) is 3.12. The lowest BCUT2D eigenvalue weighted by Crippen LogP contribution is -2.41. The summed E-state index contributed by atoms with van der Waals surface area (Å²) in [5, 5.41) is 6.42. The molecule has 1 N–H and O–H groups in total. The van der Waals surface area contributed by atoms with Crippen LogP contribution in [0.5, 0.6) is 0 Å². The predicted molar refractivity (Wildman–Crippen MR) is 104 cm³/mol. The molecule has 0 spiro atoms. The number of nitrogens with one attached hydrogen (secondary N) is 1. The number of esters is 1. The van der Waals surface area contributed by atoms with Crippen molar-refractivity contribution in [2.45, 2.75) is 19.8 Å². The normalized spacial score (nSPS) is 14.6. The van der Waals surface area contributed by atoms with E-state index >= 15 is 0 Å². The van der Waals surface area contributed by atoms with Gasteiger partial charge in [-0.3, -0.25) is 14.4 Å². The number of ether oxygens (including phenoxy) is 1. The number of piperidine rings is 1. The highest BCUT2D eigenvalue weighted by Gasteiger charge is 2.29. The Morgan fingerprint density at radius 3 is 2.59 bits per heavy atom. The Hall–Kier alpha value is -2.67. The second kappa shape index (κ2) is 8.81. The maximum absolute atomic E-state index is 13.0. The average molecular weight is 386 g/mol. The van der Waals surface area contributed by atoms with E-state index in [9.17, 15) is 14.4 Å². The van der Waals surface area contributed by atoms with Gasteiger partial charge in [0.15, 0.2) is 0 Å². The molecule has 2 aromatic rings. The zero-order valence-electron chi connectivity index (χ0n) is 15.1. The monoisotopic (exact) mass is 386 g/mol. The molecule has 1 aliphatic heterocycles. The van der Waals surface area contributed by atoms with E-state index in [1.54, 1.807) is 47.5 Å². The number of thiophene rings is 1. The number of nitrogens with zero attached hydrogens (tertiary/aromatic N) is 1. The van der Waals surface area contributed by atoms with Crippen LogP contribution in [-0.2, 0) is 9.53 Å². The van der Waals surface area contributed by atoms with Gasteiger partial charge in [0.05, 0.1) is 29.3 Å². The Bertz CT molecular complexity index is 811. The molecule has 0 bridgehead atoms. The summed E-state index contributed by atoms with van der Waals surface area (Å²) < 4.78 is 5.07. The van der Waals surface area contributed by atoms with Crippen LogP contribution in [0.2, 0.25) is 0 Å². The summed E-state index contributed by atoms with van der Waals surface area (Å²) in [7, 11) is 0. The van der Waals surface area contributed by atoms with Crippen LogP contribution in [0.4, 0.5) is 5.69 Å². The predicted octanol–water partition coefficient (Wildman–Crippen LogP) is 3.42. The van der Waals surface area contributed by atoms with Crippen LogP contribution in [0.1, 0.15) is 40.5 Å². The van der Waals surface area contributed by atoms with Gasteiger partial charge >= 0.3 is 5.97 Å². The summed E-state index contributed by atoms with van der Waals surface area (Å²) in [6.07, 6.45) is 1.18. The molecule has 3 rings (SSSR count). The summed E-state index contributed by atoms with van der Waals surface area (Å²) >= 11 is 1.44. The minimum Gasteiger partial charge on any atom is -0.466 e. The molecule has 1 saturated heterocycles. The molecule has 1 aliphatic rings. The van der Waals surface area contributed by atoms with Gasteiger partial charge < -0.3 is 15.0 Å². The number of hydrogen-bond acceptors (Lipinski definition) is 5. The van der Waals surface area contributed by atoms with Gasteiger partial charge in [-0.1, -0.05) is 12.1 Å². The molecule has 0 atom stereocenters. The fourth-order valence-corrected chi connectivity index (χ4v) is 3.75. The van der Waals surface area contributed by atoms with Crippen molar-refractivity contribution in [3.63, 3.8) is 0 Å². The van der Waals surface area contributed by atoms with Crippen LogP contribution in [0.15, 0.2) is 41.1 Å². The van der Waals surface area contributed by atoms with Crippen LogP contribution >= 0.6 is 11.3 Å². The van der Waals surface area contributed by atoms with Crippen molar-refractivity contribution >= 4 is 34.8 Å². The summed E-state index contributed by atoms with van der Waals surface area (Å²) in [5.41, 5.74) is 1.51. The highest BCUT2D eigenvalue weighted by atomic mass is 32.1. The lowest BCUT2D eigenvalue weighted by molar-refractivity contribution is -0.149. The van der Waals surface area contributed by atoms with E-state index in [4.69, 9.17) is 4.74 Å². The molecule has 1 aromatic heterocycles. The molecule has 1 fully saturated rings. The minimum atomic E-state index is -0.238. The van der Waals surface area contributed by atoms with Crippen LogP contribution < -0.4 is 5.32 Å². The van der Waals surface area contributed by atoms with Crippen LogP contribution in [0.25, 0.3) is 0 Å². The van der Waals surface area contributed by atoms with E-state index in [-0.39, 0.29) is 23.7 Å². The molecule has 6 nitrogen and oxygen atoms in total. The van der Waals surface area contributed by atoms with E-state index in [1.165, 1.54) is 11.3 Å². The summed E-state index contributed by atoms with van der Waals surface area (Å²) in [5.74, 6) is -0.716. The first-order valence-corrected chi connectivity index (χ1v) is 9.93. The zero-order valence-corrected chi connectivity index (χ0v) is 16.0. The molecule has 0 saturated carbocycles. The molecule has 142 valence electrons. The highest BCUT2D eigenvalue weighted by molar-refractivity contribution is 7.08. The Balaban J connectivity index is 1.67. The number of amides is 2. The Morgan fingerprint density at radius 1 is 1.19 bits per heavy atom. The molecule has 0 unspecified atom stereocenters.